The normalized spacial score (nSPS) is 26.3. The third kappa shape index (κ3) is 3.29. The molecule has 3 fully saturated rings. The molecule has 3 aliphatic rings. The van der Waals surface area contributed by atoms with Gasteiger partial charge in [-0.25, -0.2) is 0 Å². The summed E-state index contributed by atoms with van der Waals surface area (Å²) in [6.07, 6.45) is 8.72. The van der Waals surface area contributed by atoms with E-state index in [1.54, 1.807) is 0 Å². The zero-order valence-corrected chi connectivity index (χ0v) is 14.5. The number of benzene rings is 1. The third-order valence-corrected chi connectivity index (χ3v) is 7.26. The number of anilines is 1. The van der Waals surface area contributed by atoms with Crippen molar-refractivity contribution >= 4 is 23.4 Å². The summed E-state index contributed by atoms with van der Waals surface area (Å²) < 4.78 is 0. The van der Waals surface area contributed by atoms with E-state index in [-0.39, 0.29) is 11.8 Å². The maximum Gasteiger partial charge on any atom is 0.228 e. The van der Waals surface area contributed by atoms with Crippen molar-refractivity contribution in [3.8, 4) is 0 Å². The van der Waals surface area contributed by atoms with Crippen LogP contribution in [0.2, 0.25) is 0 Å². The van der Waals surface area contributed by atoms with Gasteiger partial charge in [0, 0.05) is 16.1 Å². The van der Waals surface area contributed by atoms with E-state index in [1.807, 2.05) is 17.8 Å². The van der Waals surface area contributed by atoms with Gasteiger partial charge in [-0.1, -0.05) is 25.0 Å². The molecule has 0 aromatic heterocycles. The molecule has 1 amide bonds. The second-order valence-electron chi connectivity index (χ2n) is 7.38. The Balaban J connectivity index is 1.41. The Morgan fingerprint density at radius 2 is 1.91 bits per heavy atom. The average molecular weight is 330 g/mol. The second kappa shape index (κ2) is 6.48. The van der Waals surface area contributed by atoms with E-state index in [9.17, 15) is 4.79 Å². The van der Waals surface area contributed by atoms with E-state index in [2.05, 4.69) is 28.8 Å². The third-order valence-electron chi connectivity index (χ3n) is 5.85. The Labute approximate surface area is 143 Å². The Kier molecular flexibility index (Phi) is 4.37. The molecule has 4 heteroatoms. The Morgan fingerprint density at radius 3 is 2.70 bits per heavy atom. The second-order valence-corrected chi connectivity index (χ2v) is 8.72. The molecule has 1 spiro atoms. The number of piperidine rings is 1. The number of para-hydroxylation sites is 1. The van der Waals surface area contributed by atoms with Crippen LogP contribution in [-0.2, 0) is 4.79 Å². The minimum atomic E-state index is 0.231. The highest BCUT2D eigenvalue weighted by Gasteiger charge is 2.57. The first-order valence-corrected chi connectivity index (χ1v) is 9.92. The van der Waals surface area contributed by atoms with Crippen molar-refractivity contribution in [1.82, 2.24) is 5.32 Å². The van der Waals surface area contributed by atoms with Crippen molar-refractivity contribution in [2.45, 2.75) is 55.1 Å². The molecule has 2 N–H and O–H groups in total. The van der Waals surface area contributed by atoms with Gasteiger partial charge < -0.3 is 10.6 Å². The smallest absolute Gasteiger partial charge is 0.228 e. The number of hydrogen-bond donors (Lipinski definition) is 2. The molecule has 1 unspecified atom stereocenters. The predicted molar refractivity (Wildman–Crippen MR) is 95.8 cm³/mol. The van der Waals surface area contributed by atoms with Crippen LogP contribution < -0.4 is 10.6 Å². The Hall–Kier alpha value is -1.00. The van der Waals surface area contributed by atoms with Gasteiger partial charge in [0.1, 0.15) is 0 Å². The minimum absolute atomic E-state index is 0.231. The molecule has 0 radical (unpaired) electrons. The first kappa shape index (κ1) is 15.5. The van der Waals surface area contributed by atoms with Crippen molar-refractivity contribution in [3.63, 3.8) is 0 Å². The number of thioether (sulfide) groups is 1. The molecule has 1 aliphatic heterocycles. The molecule has 2 saturated carbocycles. The average Bonchev–Trinajstić information content (AvgIpc) is 3.02. The summed E-state index contributed by atoms with van der Waals surface area (Å²) in [5, 5.41) is 7.37. The predicted octanol–water partition coefficient (Wildman–Crippen LogP) is 4.05. The Morgan fingerprint density at radius 1 is 1.17 bits per heavy atom. The van der Waals surface area contributed by atoms with E-state index in [1.165, 1.54) is 30.6 Å². The summed E-state index contributed by atoms with van der Waals surface area (Å²) in [4.78, 5) is 13.9. The molecule has 1 aromatic rings. The van der Waals surface area contributed by atoms with E-state index < -0.39 is 0 Å². The maximum atomic E-state index is 12.7. The zero-order valence-electron chi connectivity index (χ0n) is 13.6. The standard InChI is InChI=1S/C19H26N2OS/c22-18(15-13-19(15)9-11-20-12-10-19)21-16-7-3-4-8-17(16)23-14-5-1-2-6-14/h3-4,7-8,14-15,20H,1-2,5-6,9-13H2,(H,21,22). The molecular formula is C19H26N2OS. The molecule has 1 atom stereocenters. The SMILES string of the molecule is O=C(Nc1ccccc1SC1CCCC1)C1CC12CCNCC2. The lowest BCUT2D eigenvalue weighted by atomic mass is 9.92. The van der Waals surface area contributed by atoms with Crippen LogP contribution in [0.5, 0.6) is 0 Å². The van der Waals surface area contributed by atoms with E-state index in [0.717, 1.165) is 43.3 Å². The maximum absolute atomic E-state index is 12.7. The van der Waals surface area contributed by atoms with Gasteiger partial charge in [0.2, 0.25) is 5.91 Å². The van der Waals surface area contributed by atoms with Gasteiger partial charge in [-0.3, -0.25) is 4.79 Å². The highest BCUT2D eigenvalue weighted by Crippen LogP contribution is 2.58. The fourth-order valence-electron chi connectivity index (χ4n) is 4.27. The van der Waals surface area contributed by atoms with Crippen LogP contribution in [0.4, 0.5) is 5.69 Å². The zero-order chi connectivity index (χ0) is 15.7. The summed E-state index contributed by atoms with van der Waals surface area (Å²) in [5.41, 5.74) is 1.33. The summed E-state index contributed by atoms with van der Waals surface area (Å²) in [6.45, 7) is 2.13. The van der Waals surface area contributed by atoms with Gasteiger partial charge >= 0.3 is 0 Å². The van der Waals surface area contributed by atoms with Gasteiger partial charge in [-0.05, 0) is 62.7 Å². The number of carbonyl (C=O) groups excluding carboxylic acids is 1. The van der Waals surface area contributed by atoms with Gasteiger partial charge in [-0.2, -0.15) is 0 Å². The van der Waals surface area contributed by atoms with Gasteiger partial charge in [0.15, 0.2) is 0 Å². The fraction of sp³-hybridized carbons (Fsp3) is 0.632. The van der Waals surface area contributed by atoms with Gasteiger partial charge in [-0.15, -0.1) is 11.8 Å². The first-order chi connectivity index (χ1) is 11.3. The van der Waals surface area contributed by atoms with Crippen LogP contribution in [0.3, 0.4) is 0 Å². The molecule has 2 aliphatic carbocycles. The molecule has 3 nitrogen and oxygen atoms in total. The monoisotopic (exact) mass is 330 g/mol. The molecule has 124 valence electrons. The van der Waals surface area contributed by atoms with Crippen molar-refractivity contribution in [2.75, 3.05) is 18.4 Å². The van der Waals surface area contributed by atoms with E-state index >= 15 is 0 Å². The van der Waals surface area contributed by atoms with Crippen LogP contribution in [-0.4, -0.2) is 24.2 Å². The van der Waals surface area contributed by atoms with Gasteiger partial charge in [0.25, 0.3) is 0 Å². The number of nitrogens with one attached hydrogen (secondary N) is 2. The summed E-state index contributed by atoms with van der Waals surface area (Å²) >= 11 is 1.95. The molecule has 1 saturated heterocycles. The summed E-state index contributed by atoms with van der Waals surface area (Å²) in [7, 11) is 0. The van der Waals surface area contributed by atoms with Crippen LogP contribution in [0.1, 0.15) is 44.9 Å². The van der Waals surface area contributed by atoms with Crippen molar-refractivity contribution in [2.24, 2.45) is 11.3 Å². The van der Waals surface area contributed by atoms with Crippen molar-refractivity contribution in [1.29, 1.82) is 0 Å². The molecule has 23 heavy (non-hydrogen) atoms. The molecular weight excluding hydrogens is 304 g/mol. The lowest BCUT2D eigenvalue weighted by Gasteiger charge is -2.23. The lowest BCUT2D eigenvalue weighted by Crippen LogP contribution is -2.31. The summed E-state index contributed by atoms with van der Waals surface area (Å²) in [5.74, 6) is 0.473. The highest BCUT2D eigenvalue weighted by molar-refractivity contribution is 8.00. The van der Waals surface area contributed by atoms with E-state index in [4.69, 9.17) is 0 Å². The quantitative estimate of drug-likeness (QED) is 0.875. The van der Waals surface area contributed by atoms with Crippen molar-refractivity contribution in [3.05, 3.63) is 24.3 Å². The molecule has 1 heterocycles. The van der Waals surface area contributed by atoms with E-state index in [0.29, 0.717) is 5.41 Å². The first-order valence-electron chi connectivity index (χ1n) is 9.04. The topological polar surface area (TPSA) is 41.1 Å². The number of amides is 1. The lowest BCUT2D eigenvalue weighted by molar-refractivity contribution is -0.118. The summed E-state index contributed by atoms with van der Waals surface area (Å²) in [6, 6.07) is 8.33. The van der Waals surface area contributed by atoms with Crippen LogP contribution >= 0.6 is 11.8 Å². The Bertz CT molecular complexity index is 576. The number of rotatable bonds is 4. The number of hydrogen-bond acceptors (Lipinski definition) is 3. The number of carbonyl (C=O) groups is 1. The fourth-order valence-corrected chi connectivity index (χ4v) is 5.61. The minimum Gasteiger partial charge on any atom is -0.325 e. The van der Waals surface area contributed by atoms with Crippen LogP contribution in [0, 0.1) is 11.3 Å². The molecule has 4 rings (SSSR count). The van der Waals surface area contributed by atoms with Crippen LogP contribution in [0.25, 0.3) is 0 Å². The van der Waals surface area contributed by atoms with Gasteiger partial charge in [0.05, 0.1) is 5.69 Å². The highest BCUT2D eigenvalue weighted by atomic mass is 32.2. The van der Waals surface area contributed by atoms with Crippen molar-refractivity contribution < 1.29 is 4.79 Å². The molecule has 0 bridgehead atoms. The van der Waals surface area contributed by atoms with Crippen LogP contribution in [0.15, 0.2) is 29.2 Å². The molecule has 1 aromatic carbocycles. The largest absolute Gasteiger partial charge is 0.325 e.